The van der Waals surface area contributed by atoms with Gasteiger partial charge in [0.2, 0.25) is 5.91 Å². The van der Waals surface area contributed by atoms with Crippen LogP contribution in [0.3, 0.4) is 0 Å². The summed E-state index contributed by atoms with van der Waals surface area (Å²) in [4.78, 5) is 27.7. The van der Waals surface area contributed by atoms with Crippen LogP contribution in [0.5, 0.6) is 0 Å². The van der Waals surface area contributed by atoms with E-state index in [2.05, 4.69) is 26.0 Å². The fraction of sp³-hybridized carbons (Fsp3) is 0.0714. The first-order valence-electron chi connectivity index (χ1n) is 11.7. The second kappa shape index (κ2) is 10.6. The second-order valence-electron chi connectivity index (χ2n) is 8.79. The average Bonchev–Trinajstić information content (AvgIpc) is 3.05. The van der Waals surface area contributed by atoms with Crippen LogP contribution >= 0.6 is 15.9 Å². The third-order valence-corrected chi connectivity index (χ3v) is 8.02. The number of amides is 2. The highest BCUT2D eigenvalue weighted by Crippen LogP contribution is 2.38. The summed E-state index contributed by atoms with van der Waals surface area (Å²) < 4.78 is 55.6. The number of nitrogens with one attached hydrogen (secondary N) is 2. The van der Waals surface area contributed by atoms with Gasteiger partial charge in [0.25, 0.3) is 15.9 Å². The molecule has 4 aromatic rings. The number of carbonyl (C=O) groups is 2. The number of nitrogens with zero attached hydrogens (tertiary/aromatic N) is 1. The number of rotatable bonds is 5. The van der Waals surface area contributed by atoms with Crippen molar-refractivity contribution in [1.29, 1.82) is 0 Å². The Morgan fingerprint density at radius 1 is 0.923 bits per heavy atom. The lowest BCUT2D eigenvalue weighted by atomic mass is 9.95. The zero-order chi connectivity index (χ0) is 27.7. The molecule has 198 valence electrons. The minimum atomic E-state index is -4.28. The minimum Gasteiger partial charge on any atom is -0.324 e. The lowest BCUT2D eigenvalue weighted by Gasteiger charge is -2.31. The predicted octanol–water partition coefficient (Wildman–Crippen LogP) is 5.71. The van der Waals surface area contributed by atoms with Gasteiger partial charge in [0.1, 0.15) is 6.54 Å². The largest absolute Gasteiger partial charge is 0.324 e. The van der Waals surface area contributed by atoms with Gasteiger partial charge in [-0.25, -0.2) is 17.2 Å². The second-order valence-corrected chi connectivity index (χ2v) is 11.4. The molecule has 2 amide bonds. The van der Waals surface area contributed by atoms with Gasteiger partial charge in [0.15, 0.2) is 11.6 Å². The number of halogens is 3. The Balaban J connectivity index is 1.53. The molecule has 1 aliphatic heterocycles. The Morgan fingerprint density at radius 3 is 2.44 bits per heavy atom. The average molecular weight is 612 g/mol. The lowest BCUT2D eigenvalue weighted by Crippen LogP contribution is -2.39. The minimum absolute atomic E-state index is 0.0317. The van der Waals surface area contributed by atoms with Gasteiger partial charge in [-0.05, 0) is 60.2 Å². The van der Waals surface area contributed by atoms with E-state index in [4.69, 9.17) is 0 Å². The molecule has 1 unspecified atom stereocenters. The van der Waals surface area contributed by atoms with Crippen molar-refractivity contribution in [2.75, 3.05) is 16.6 Å². The van der Waals surface area contributed by atoms with Crippen molar-refractivity contribution in [2.24, 2.45) is 0 Å². The Labute approximate surface area is 231 Å². The van der Waals surface area contributed by atoms with Crippen LogP contribution in [-0.4, -0.2) is 31.7 Å². The van der Waals surface area contributed by atoms with Crippen molar-refractivity contribution in [2.45, 2.75) is 10.9 Å². The number of benzene rings is 4. The molecule has 7 nitrogen and oxygen atoms in total. The summed E-state index contributed by atoms with van der Waals surface area (Å²) in [6.07, 6.45) is 0. The highest BCUT2D eigenvalue weighted by molar-refractivity contribution is 9.10. The molecule has 0 aromatic heterocycles. The standard InChI is InChI=1S/C28H20BrF2N3O4S/c29-19-9-12-25-22(14-19)27(17-5-2-1-3-6-17)34(16-26(35)32-25)28(36)18-7-4-8-20(13-18)33-39(37,38)21-10-11-23(30)24(31)15-21/h1-15,27,33H,16H2,(H,32,35). The number of hydrogen-bond donors (Lipinski definition) is 2. The lowest BCUT2D eigenvalue weighted by molar-refractivity contribution is -0.117. The van der Waals surface area contributed by atoms with Crippen LogP contribution in [0.25, 0.3) is 0 Å². The molecule has 0 saturated carbocycles. The number of anilines is 2. The predicted molar refractivity (Wildman–Crippen MR) is 146 cm³/mol. The molecule has 1 aliphatic rings. The van der Waals surface area contributed by atoms with Crippen molar-refractivity contribution in [1.82, 2.24) is 4.90 Å². The molecule has 5 rings (SSSR count). The quantitative estimate of drug-likeness (QED) is 0.302. The molecule has 11 heteroatoms. The van der Waals surface area contributed by atoms with Crippen molar-refractivity contribution >= 4 is 49.1 Å². The highest BCUT2D eigenvalue weighted by atomic mass is 79.9. The normalized spacial score (nSPS) is 15.2. The molecule has 1 heterocycles. The molecule has 39 heavy (non-hydrogen) atoms. The van der Waals surface area contributed by atoms with E-state index < -0.39 is 38.5 Å². The molecule has 0 bridgehead atoms. The van der Waals surface area contributed by atoms with E-state index in [-0.39, 0.29) is 23.7 Å². The first kappa shape index (κ1) is 26.5. The number of sulfonamides is 1. The van der Waals surface area contributed by atoms with Gasteiger partial charge < -0.3 is 10.2 Å². The summed E-state index contributed by atoms with van der Waals surface area (Å²) in [7, 11) is -4.28. The smallest absolute Gasteiger partial charge is 0.261 e. The van der Waals surface area contributed by atoms with Gasteiger partial charge in [-0.3, -0.25) is 14.3 Å². The first-order valence-corrected chi connectivity index (χ1v) is 13.9. The maximum absolute atomic E-state index is 13.9. The topological polar surface area (TPSA) is 95.6 Å². The monoisotopic (exact) mass is 611 g/mol. The number of hydrogen-bond acceptors (Lipinski definition) is 4. The van der Waals surface area contributed by atoms with Crippen molar-refractivity contribution in [3.63, 3.8) is 0 Å². The molecule has 2 N–H and O–H groups in total. The summed E-state index contributed by atoms with van der Waals surface area (Å²) in [5, 5.41) is 2.85. The Morgan fingerprint density at radius 2 is 1.69 bits per heavy atom. The van der Waals surface area contributed by atoms with Gasteiger partial charge in [0.05, 0.1) is 10.9 Å². The van der Waals surface area contributed by atoms with Crippen molar-refractivity contribution in [3.05, 3.63) is 124 Å². The van der Waals surface area contributed by atoms with E-state index in [1.165, 1.54) is 29.2 Å². The first-order chi connectivity index (χ1) is 18.6. The Kier molecular flexibility index (Phi) is 7.19. The van der Waals surface area contributed by atoms with E-state index in [1.807, 2.05) is 36.4 Å². The summed E-state index contributed by atoms with van der Waals surface area (Å²) in [6, 6.07) is 22.0. The van der Waals surface area contributed by atoms with E-state index in [9.17, 15) is 26.8 Å². The maximum atomic E-state index is 13.9. The van der Waals surface area contributed by atoms with Crippen LogP contribution < -0.4 is 10.0 Å². The third-order valence-electron chi connectivity index (χ3n) is 6.15. The van der Waals surface area contributed by atoms with Crippen LogP contribution in [0, 0.1) is 11.6 Å². The fourth-order valence-corrected chi connectivity index (χ4v) is 5.84. The van der Waals surface area contributed by atoms with Gasteiger partial charge in [0, 0.05) is 27.0 Å². The van der Waals surface area contributed by atoms with Gasteiger partial charge in [-0.2, -0.15) is 0 Å². The van der Waals surface area contributed by atoms with Crippen molar-refractivity contribution < 1.29 is 26.8 Å². The SMILES string of the molecule is O=C1CN(C(=O)c2cccc(NS(=O)(=O)c3ccc(F)c(F)c3)c2)C(c2ccccc2)c2cc(Br)ccc2N1. The van der Waals surface area contributed by atoms with Crippen LogP contribution in [-0.2, 0) is 14.8 Å². The molecule has 0 fully saturated rings. The van der Waals surface area contributed by atoms with Crippen molar-refractivity contribution in [3.8, 4) is 0 Å². The van der Waals surface area contributed by atoms with Crippen LogP contribution in [0.2, 0.25) is 0 Å². The molecular formula is C28H20BrF2N3O4S. The summed E-state index contributed by atoms with van der Waals surface area (Å²) >= 11 is 3.47. The maximum Gasteiger partial charge on any atom is 0.261 e. The van der Waals surface area contributed by atoms with Gasteiger partial charge in [-0.15, -0.1) is 0 Å². The summed E-state index contributed by atoms with van der Waals surface area (Å²) in [6.45, 7) is -0.254. The molecule has 0 aliphatic carbocycles. The van der Waals surface area contributed by atoms with Crippen LogP contribution in [0.1, 0.15) is 27.5 Å². The molecular weight excluding hydrogens is 592 g/mol. The van der Waals surface area contributed by atoms with Gasteiger partial charge >= 0.3 is 0 Å². The highest BCUT2D eigenvalue weighted by Gasteiger charge is 2.34. The van der Waals surface area contributed by atoms with E-state index in [1.54, 1.807) is 12.1 Å². The van der Waals surface area contributed by atoms with Crippen LogP contribution in [0.15, 0.2) is 100 Å². The zero-order valence-electron chi connectivity index (χ0n) is 20.1. The fourth-order valence-electron chi connectivity index (χ4n) is 4.40. The van der Waals surface area contributed by atoms with E-state index in [0.29, 0.717) is 23.4 Å². The summed E-state index contributed by atoms with van der Waals surface area (Å²) in [5.74, 6) is -3.38. The Bertz CT molecular complexity index is 1700. The molecule has 0 saturated heterocycles. The Hall–Kier alpha value is -4.09. The number of fused-ring (bicyclic) bond motifs is 1. The zero-order valence-corrected chi connectivity index (χ0v) is 22.5. The van der Waals surface area contributed by atoms with Gasteiger partial charge in [-0.1, -0.05) is 52.3 Å². The van der Waals surface area contributed by atoms with Crippen LogP contribution in [0.4, 0.5) is 20.2 Å². The van der Waals surface area contributed by atoms with E-state index >= 15 is 0 Å². The number of carbonyl (C=O) groups excluding carboxylic acids is 2. The molecule has 0 spiro atoms. The summed E-state index contributed by atoms with van der Waals surface area (Å²) in [5.41, 5.74) is 2.19. The van der Waals surface area contributed by atoms with E-state index in [0.717, 1.165) is 16.1 Å². The molecule has 4 aromatic carbocycles. The molecule has 1 atom stereocenters. The third kappa shape index (κ3) is 5.55. The molecule has 0 radical (unpaired) electrons.